The molecule has 12 atom stereocenters. The van der Waals surface area contributed by atoms with Gasteiger partial charge in [-0.1, -0.05) is 147 Å². The van der Waals surface area contributed by atoms with Crippen molar-refractivity contribution in [2.24, 2.45) is 0 Å². The van der Waals surface area contributed by atoms with Crippen LogP contribution in [0, 0.1) is 0 Å². The van der Waals surface area contributed by atoms with Crippen LogP contribution in [0.15, 0.2) is 24.3 Å². The van der Waals surface area contributed by atoms with E-state index in [0.717, 1.165) is 70.6 Å². The Morgan fingerprint density at radius 3 is 1.72 bits per heavy atom. The molecule has 0 spiro atoms. The molecule has 2 heterocycles. The molecule has 9 N–H and O–H groups in total. The van der Waals surface area contributed by atoms with Gasteiger partial charge in [-0.15, -0.1) is 0 Å². The predicted molar refractivity (Wildman–Crippen MR) is 231 cm³/mol. The molecule has 60 heavy (non-hydrogen) atoms. The van der Waals surface area contributed by atoms with E-state index in [9.17, 15) is 45.6 Å². The van der Waals surface area contributed by atoms with Gasteiger partial charge < -0.3 is 65.1 Å². The molecule has 2 aliphatic heterocycles. The van der Waals surface area contributed by atoms with Gasteiger partial charge in [0.2, 0.25) is 5.91 Å². The first-order chi connectivity index (χ1) is 29.1. The molecule has 352 valence electrons. The maximum atomic E-state index is 13.1. The number of allylic oxidation sites excluding steroid dienone is 4. The monoisotopic (exact) mass is 860 g/mol. The molecular weight excluding hydrogens is 774 g/mol. The van der Waals surface area contributed by atoms with Gasteiger partial charge in [0.15, 0.2) is 12.6 Å². The zero-order valence-corrected chi connectivity index (χ0v) is 36.9. The third-order valence-electron chi connectivity index (χ3n) is 11.7. The standard InChI is InChI=1S/C46H85NO13/c1-3-5-7-9-11-13-15-17-18-20-22-24-26-28-30-38(51)47-34(35(50)29-27-25-23-21-19-16-14-12-10-8-6-4-2)33-57-45-43(56)41(54)44(37(32-49)59-45)60-46-42(55)40(53)39(52)36(31-48)58-46/h9,11,15,17,34-37,39-46,48-50,52-56H,3-8,10,12-14,16,18-33H2,1-2H3,(H,47,51)/b11-9-,17-15-. The van der Waals surface area contributed by atoms with Crippen LogP contribution in [-0.4, -0.2) is 140 Å². The van der Waals surface area contributed by atoms with Crippen LogP contribution >= 0.6 is 0 Å². The molecule has 14 nitrogen and oxygen atoms in total. The summed E-state index contributed by atoms with van der Waals surface area (Å²) >= 11 is 0. The second kappa shape index (κ2) is 34.0. The summed E-state index contributed by atoms with van der Waals surface area (Å²) < 4.78 is 22.7. The second-order valence-corrected chi connectivity index (χ2v) is 16.9. The van der Waals surface area contributed by atoms with E-state index < -0.39 is 86.8 Å². The van der Waals surface area contributed by atoms with Gasteiger partial charge in [-0.25, -0.2) is 0 Å². The second-order valence-electron chi connectivity index (χ2n) is 16.9. The van der Waals surface area contributed by atoms with E-state index in [-0.39, 0.29) is 18.9 Å². The van der Waals surface area contributed by atoms with Gasteiger partial charge in [-0.2, -0.15) is 0 Å². The summed E-state index contributed by atoms with van der Waals surface area (Å²) in [5.74, 6) is -0.223. The van der Waals surface area contributed by atoms with Gasteiger partial charge in [0.05, 0.1) is 32.0 Å². The van der Waals surface area contributed by atoms with Gasteiger partial charge in [0, 0.05) is 6.42 Å². The highest BCUT2D eigenvalue weighted by Gasteiger charge is 2.51. The largest absolute Gasteiger partial charge is 0.394 e. The Bertz CT molecular complexity index is 1110. The van der Waals surface area contributed by atoms with E-state index in [2.05, 4.69) is 43.5 Å². The SMILES string of the molecule is CCCC/C=C\C/C=C\CCCCCCCC(=O)NC(COC1OC(CO)C(OC2OC(CO)C(O)C(O)C2O)C(O)C1O)C(O)CCCCCCCCCCCCCC. The Labute approximate surface area is 360 Å². The number of carbonyl (C=O) groups is 1. The normalized spacial score (nSPS) is 28.4. The predicted octanol–water partition coefficient (Wildman–Crippen LogP) is 4.99. The van der Waals surface area contributed by atoms with Crippen LogP contribution in [0.1, 0.15) is 168 Å². The van der Waals surface area contributed by atoms with Crippen molar-refractivity contribution in [1.29, 1.82) is 0 Å². The van der Waals surface area contributed by atoms with Crippen molar-refractivity contribution in [2.45, 2.75) is 242 Å². The number of carbonyl (C=O) groups excluding carboxylic acids is 1. The zero-order chi connectivity index (χ0) is 44.0. The van der Waals surface area contributed by atoms with Gasteiger partial charge in [0.25, 0.3) is 0 Å². The molecule has 12 unspecified atom stereocenters. The van der Waals surface area contributed by atoms with Crippen molar-refractivity contribution >= 4 is 5.91 Å². The van der Waals surface area contributed by atoms with E-state index in [0.29, 0.717) is 12.8 Å². The van der Waals surface area contributed by atoms with Crippen LogP contribution in [0.2, 0.25) is 0 Å². The average Bonchev–Trinajstić information content (AvgIpc) is 3.24. The number of hydrogen-bond donors (Lipinski definition) is 9. The molecular formula is C46H85NO13. The van der Waals surface area contributed by atoms with Crippen LogP contribution in [0.5, 0.6) is 0 Å². The maximum Gasteiger partial charge on any atom is 0.220 e. The number of rotatable bonds is 35. The lowest BCUT2D eigenvalue weighted by Crippen LogP contribution is -2.65. The van der Waals surface area contributed by atoms with Crippen LogP contribution in [0.3, 0.4) is 0 Å². The molecule has 2 fully saturated rings. The number of unbranched alkanes of at least 4 members (excludes halogenated alkanes) is 18. The van der Waals surface area contributed by atoms with Crippen molar-refractivity contribution in [1.82, 2.24) is 5.32 Å². The highest BCUT2D eigenvalue weighted by atomic mass is 16.7. The van der Waals surface area contributed by atoms with Gasteiger partial charge in [-0.05, 0) is 38.5 Å². The van der Waals surface area contributed by atoms with Crippen molar-refractivity contribution < 1.29 is 64.6 Å². The first kappa shape index (κ1) is 54.6. The van der Waals surface area contributed by atoms with E-state index in [1.807, 2.05) is 0 Å². The van der Waals surface area contributed by atoms with Gasteiger partial charge in [-0.3, -0.25) is 4.79 Å². The molecule has 2 saturated heterocycles. The van der Waals surface area contributed by atoms with E-state index in [4.69, 9.17) is 18.9 Å². The average molecular weight is 860 g/mol. The van der Waals surface area contributed by atoms with Crippen LogP contribution in [0.25, 0.3) is 0 Å². The van der Waals surface area contributed by atoms with Crippen molar-refractivity contribution in [2.75, 3.05) is 19.8 Å². The number of amides is 1. The number of ether oxygens (including phenoxy) is 4. The Balaban J connectivity index is 1.88. The molecule has 2 aliphatic rings. The summed E-state index contributed by atoms with van der Waals surface area (Å²) in [6.45, 7) is 2.77. The summed E-state index contributed by atoms with van der Waals surface area (Å²) in [5.41, 5.74) is 0. The molecule has 0 radical (unpaired) electrons. The minimum Gasteiger partial charge on any atom is -0.394 e. The van der Waals surface area contributed by atoms with Gasteiger partial charge in [0.1, 0.15) is 48.8 Å². The van der Waals surface area contributed by atoms with Crippen LogP contribution < -0.4 is 5.32 Å². The van der Waals surface area contributed by atoms with E-state index in [1.54, 1.807) is 0 Å². The van der Waals surface area contributed by atoms with E-state index in [1.165, 1.54) is 64.2 Å². The minimum absolute atomic E-state index is 0.223. The Kier molecular flexibility index (Phi) is 30.9. The summed E-state index contributed by atoms with van der Waals surface area (Å²) in [4.78, 5) is 13.1. The number of nitrogens with one attached hydrogen (secondary N) is 1. The van der Waals surface area contributed by atoms with Crippen molar-refractivity contribution in [3.63, 3.8) is 0 Å². The molecule has 0 saturated carbocycles. The first-order valence-electron chi connectivity index (χ1n) is 23.6. The molecule has 2 rings (SSSR count). The quantitative estimate of drug-likeness (QED) is 0.0303. The number of aliphatic hydroxyl groups excluding tert-OH is 8. The Morgan fingerprint density at radius 1 is 0.600 bits per heavy atom. The van der Waals surface area contributed by atoms with Crippen molar-refractivity contribution in [3.05, 3.63) is 24.3 Å². The molecule has 0 aromatic carbocycles. The Morgan fingerprint density at radius 2 is 1.12 bits per heavy atom. The molecule has 0 aliphatic carbocycles. The summed E-state index contributed by atoms with van der Waals surface area (Å²) in [5, 5.41) is 86.6. The fraction of sp³-hybridized carbons (Fsp3) is 0.891. The third-order valence-corrected chi connectivity index (χ3v) is 11.7. The highest BCUT2D eigenvalue weighted by molar-refractivity contribution is 5.76. The Hall–Kier alpha value is -1.53. The molecule has 0 bridgehead atoms. The topological polar surface area (TPSA) is 228 Å². The lowest BCUT2D eigenvalue weighted by atomic mass is 9.97. The molecule has 0 aromatic heterocycles. The summed E-state index contributed by atoms with van der Waals surface area (Å²) in [6.07, 6.45) is 17.5. The molecule has 14 heteroatoms. The summed E-state index contributed by atoms with van der Waals surface area (Å²) in [7, 11) is 0. The summed E-state index contributed by atoms with van der Waals surface area (Å²) in [6, 6.07) is -0.831. The van der Waals surface area contributed by atoms with Crippen LogP contribution in [0.4, 0.5) is 0 Å². The molecule has 0 aromatic rings. The zero-order valence-electron chi connectivity index (χ0n) is 36.9. The van der Waals surface area contributed by atoms with E-state index >= 15 is 0 Å². The number of aliphatic hydroxyl groups is 8. The minimum atomic E-state index is -1.78. The number of hydrogen-bond acceptors (Lipinski definition) is 13. The first-order valence-corrected chi connectivity index (χ1v) is 23.6. The van der Waals surface area contributed by atoms with Gasteiger partial charge >= 0.3 is 0 Å². The smallest absolute Gasteiger partial charge is 0.220 e. The highest BCUT2D eigenvalue weighted by Crippen LogP contribution is 2.30. The maximum absolute atomic E-state index is 13.1. The third kappa shape index (κ3) is 21.7. The fourth-order valence-corrected chi connectivity index (χ4v) is 7.72. The lowest BCUT2D eigenvalue weighted by molar-refractivity contribution is -0.359. The lowest BCUT2D eigenvalue weighted by Gasteiger charge is -2.46. The van der Waals surface area contributed by atoms with Crippen molar-refractivity contribution in [3.8, 4) is 0 Å². The fourth-order valence-electron chi connectivity index (χ4n) is 7.72. The van der Waals surface area contributed by atoms with Crippen LogP contribution in [-0.2, 0) is 23.7 Å². The molecule has 1 amide bonds.